The third kappa shape index (κ3) is 4.23. The Bertz CT molecular complexity index is 605. The fraction of sp³-hybridized carbons (Fsp3) is 0.600. The largest absolute Gasteiger partial charge is 0.391 e. The first kappa shape index (κ1) is 17.2. The lowest BCUT2D eigenvalue weighted by atomic mass is 10.0. The molecule has 2 aliphatic rings. The SMILES string of the molecule is O=C(CCC(=O)c1ccc2c(c1)CCC2)NCC(O)C1CCCC1. The van der Waals surface area contributed by atoms with Crippen LogP contribution < -0.4 is 5.32 Å². The summed E-state index contributed by atoms with van der Waals surface area (Å²) in [6, 6.07) is 5.92. The first-order valence-electron chi connectivity index (χ1n) is 9.23. The molecule has 1 unspecified atom stereocenters. The van der Waals surface area contributed by atoms with Crippen LogP contribution in [0.1, 0.15) is 66.4 Å². The molecule has 1 fully saturated rings. The Balaban J connectivity index is 1.41. The second-order valence-electron chi connectivity index (χ2n) is 7.18. The maximum absolute atomic E-state index is 12.3. The average Bonchev–Trinajstić information content (AvgIpc) is 3.27. The van der Waals surface area contributed by atoms with Crippen LogP contribution in [-0.4, -0.2) is 29.4 Å². The van der Waals surface area contributed by atoms with Gasteiger partial charge in [0.15, 0.2) is 5.78 Å². The highest BCUT2D eigenvalue weighted by Crippen LogP contribution is 2.27. The number of nitrogens with one attached hydrogen (secondary N) is 1. The van der Waals surface area contributed by atoms with E-state index in [1.807, 2.05) is 18.2 Å². The highest BCUT2D eigenvalue weighted by Gasteiger charge is 2.23. The first-order chi connectivity index (χ1) is 11.6. The lowest BCUT2D eigenvalue weighted by molar-refractivity contribution is -0.121. The number of amides is 1. The Labute approximate surface area is 143 Å². The normalized spacial score (nSPS) is 18.4. The maximum atomic E-state index is 12.3. The highest BCUT2D eigenvalue weighted by atomic mass is 16.3. The van der Waals surface area contributed by atoms with Gasteiger partial charge in [-0.25, -0.2) is 0 Å². The van der Waals surface area contributed by atoms with Crippen molar-refractivity contribution in [3.63, 3.8) is 0 Å². The van der Waals surface area contributed by atoms with Gasteiger partial charge in [0.1, 0.15) is 0 Å². The van der Waals surface area contributed by atoms with Crippen molar-refractivity contribution in [2.75, 3.05) is 6.54 Å². The Morgan fingerprint density at radius 1 is 1.08 bits per heavy atom. The molecule has 4 nitrogen and oxygen atoms in total. The van der Waals surface area contributed by atoms with Crippen LogP contribution in [-0.2, 0) is 17.6 Å². The minimum absolute atomic E-state index is 0.0243. The monoisotopic (exact) mass is 329 g/mol. The Kier molecular flexibility index (Phi) is 5.67. The molecule has 0 saturated heterocycles. The second kappa shape index (κ2) is 7.93. The summed E-state index contributed by atoms with van der Waals surface area (Å²) in [5.41, 5.74) is 3.35. The van der Waals surface area contributed by atoms with Crippen LogP contribution in [0.2, 0.25) is 0 Å². The molecule has 1 saturated carbocycles. The van der Waals surface area contributed by atoms with E-state index in [2.05, 4.69) is 5.32 Å². The van der Waals surface area contributed by atoms with Crippen molar-refractivity contribution in [2.24, 2.45) is 5.92 Å². The molecule has 0 bridgehead atoms. The molecule has 1 aromatic carbocycles. The van der Waals surface area contributed by atoms with E-state index in [1.165, 1.54) is 30.4 Å². The number of carbonyl (C=O) groups excluding carboxylic acids is 2. The molecule has 3 rings (SSSR count). The Morgan fingerprint density at radius 2 is 1.83 bits per heavy atom. The molecule has 24 heavy (non-hydrogen) atoms. The van der Waals surface area contributed by atoms with Crippen molar-refractivity contribution in [1.29, 1.82) is 0 Å². The van der Waals surface area contributed by atoms with E-state index in [-0.39, 0.29) is 24.5 Å². The standard InChI is InChI=1S/C20H27NO3/c22-18(17-9-8-14-6-3-7-16(14)12-17)10-11-20(24)21-13-19(23)15-4-1-2-5-15/h8-9,12,15,19,23H,1-7,10-11,13H2,(H,21,24). The number of ketones is 1. The minimum atomic E-state index is -0.455. The Hall–Kier alpha value is -1.68. The number of hydrogen-bond donors (Lipinski definition) is 2. The van der Waals surface area contributed by atoms with Gasteiger partial charge in [0.2, 0.25) is 5.91 Å². The zero-order valence-electron chi connectivity index (χ0n) is 14.2. The molecule has 1 aromatic rings. The van der Waals surface area contributed by atoms with E-state index in [0.29, 0.717) is 12.5 Å². The van der Waals surface area contributed by atoms with E-state index in [1.54, 1.807) is 0 Å². The van der Waals surface area contributed by atoms with Crippen LogP contribution in [0, 0.1) is 5.92 Å². The number of rotatable bonds is 7. The molecule has 0 spiro atoms. The van der Waals surface area contributed by atoms with Crippen molar-refractivity contribution < 1.29 is 14.7 Å². The molecule has 1 atom stereocenters. The third-order valence-electron chi connectivity index (χ3n) is 5.45. The number of carbonyl (C=O) groups is 2. The number of hydrogen-bond acceptors (Lipinski definition) is 3. The van der Waals surface area contributed by atoms with Gasteiger partial charge in [-0.1, -0.05) is 25.0 Å². The van der Waals surface area contributed by atoms with Gasteiger partial charge in [-0.15, -0.1) is 0 Å². The van der Waals surface area contributed by atoms with E-state index in [9.17, 15) is 14.7 Å². The van der Waals surface area contributed by atoms with E-state index in [0.717, 1.165) is 31.2 Å². The van der Waals surface area contributed by atoms with Gasteiger partial charge in [-0.05, 0) is 55.2 Å². The van der Waals surface area contributed by atoms with E-state index in [4.69, 9.17) is 0 Å². The van der Waals surface area contributed by atoms with Crippen LogP contribution in [0.5, 0.6) is 0 Å². The van der Waals surface area contributed by atoms with E-state index < -0.39 is 6.10 Å². The third-order valence-corrected chi connectivity index (χ3v) is 5.45. The lowest BCUT2D eigenvalue weighted by Crippen LogP contribution is -2.35. The number of aryl methyl sites for hydroxylation is 2. The van der Waals surface area contributed by atoms with Crippen LogP contribution in [0.4, 0.5) is 0 Å². The fourth-order valence-electron chi connectivity index (χ4n) is 3.93. The molecule has 2 N–H and O–H groups in total. The number of benzene rings is 1. The van der Waals surface area contributed by atoms with Gasteiger partial charge in [0, 0.05) is 24.9 Å². The Morgan fingerprint density at radius 3 is 2.62 bits per heavy atom. The molecule has 0 heterocycles. The molecule has 1 amide bonds. The van der Waals surface area contributed by atoms with Crippen molar-refractivity contribution >= 4 is 11.7 Å². The molecule has 130 valence electrons. The molecule has 0 aromatic heterocycles. The maximum Gasteiger partial charge on any atom is 0.220 e. The van der Waals surface area contributed by atoms with Crippen LogP contribution >= 0.6 is 0 Å². The molecule has 4 heteroatoms. The first-order valence-corrected chi connectivity index (χ1v) is 9.23. The van der Waals surface area contributed by atoms with Crippen molar-refractivity contribution in [3.05, 3.63) is 34.9 Å². The van der Waals surface area contributed by atoms with Gasteiger partial charge in [-0.3, -0.25) is 9.59 Å². The van der Waals surface area contributed by atoms with Gasteiger partial charge in [0.05, 0.1) is 6.10 Å². The summed E-state index contributed by atoms with van der Waals surface area (Å²) in [7, 11) is 0. The fourth-order valence-corrected chi connectivity index (χ4v) is 3.93. The van der Waals surface area contributed by atoms with Crippen LogP contribution in [0.3, 0.4) is 0 Å². The molecule has 0 radical (unpaired) electrons. The predicted octanol–water partition coefficient (Wildman–Crippen LogP) is 2.81. The summed E-state index contributed by atoms with van der Waals surface area (Å²) in [4.78, 5) is 24.2. The smallest absolute Gasteiger partial charge is 0.220 e. The number of Topliss-reactive ketones (excluding diaryl/α,β-unsaturated/α-hetero) is 1. The minimum Gasteiger partial charge on any atom is -0.391 e. The van der Waals surface area contributed by atoms with Gasteiger partial charge >= 0.3 is 0 Å². The van der Waals surface area contributed by atoms with Crippen molar-refractivity contribution in [2.45, 2.75) is 63.9 Å². The highest BCUT2D eigenvalue weighted by molar-refractivity contribution is 5.98. The quantitative estimate of drug-likeness (QED) is 0.756. The molecular formula is C20H27NO3. The number of aliphatic hydroxyl groups is 1. The summed E-state index contributed by atoms with van der Waals surface area (Å²) >= 11 is 0. The summed E-state index contributed by atoms with van der Waals surface area (Å²) in [5.74, 6) is 0.191. The van der Waals surface area contributed by atoms with Gasteiger partial charge in [0.25, 0.3) is 0 Å². The summed E-state index contributed by atoms with van der Waals surface area (Å²) in [6.45, 7) is 0.302. The molecule has 2 aliphatic carbocycles. The van der Waals surface area contributed by atoms with Crippen LogP contribution in [0.15, 0.2) is 18.2 Å². The zero-order valence-corrected chi connectivity index (χ0v) is 14.2. The number of fused-ring (bicyclic) bond motifs is 1. The summed E-state index contributed by atoms with van der Waals surface area (Å²) in [5, 5.41) is 12.8. The number of aliphatic hydroxyl groups excluding tert-OH is 1. The molecule has 0 aliphatic heterocycles. The lowest BCUT2D eigenvalue weighted by Gasteiger charge is -2.18. The van der Waals surface area contributed by atoms with Gasteiger partial charge in [-0.2, -0.15) is 0 Å². The summed E-state index contributed by atoms with van der Waals surface area (Å²) < 4.78 is 0. The van der Waals surface area contributed by atoms with Crippen molar-refractivity contribution in [1.82, 2.24) is 5.32 Å². The van der Waals surface area contributed by atoms with Crippen LogP contribution in [0.25, 0.3) is 0 Å². The zero-order chi connectivity index (χ0) is 16.9. The van der Waals surface area contributed by atoms with Crippen molar-refractivity contribution in [3.8, 4) is 0 Å². The molecular weight excluding hydrogens is 302 g/mol. The predicted molar refractivity (Wildman–Crippen MR) is 93.0 cm³/mol. The summed E-state index contributed by atoms with van der Waals surface area (Å²) in [6.07, 6.45) is 7.73. The van der Waals surface area contributed by atoms with Gasteiger partial charge < -0.3 is 10.4 Å². The average molecular weight is 329 g/mol. The van der Waals surface area contributed by atoms with E-state index >= 15 is 0 Å². The second-order valence-corrected chi connectivity index (χ2v) is 7.18. The topological polar surface area (TPSA) is 66.4 Å².